The summed E-state index contributed by atoms with van der Waals surface area (Å²) in [5.74, 6) is 0.863. The van der Waals surface area contributed by atoms with Crippen LogP contribution in [0.2, 0.25) is 0 Å². The van der Waals surface area contributed by atoms with E-state index in [0.29, 0.717) is 0 Å². The van der Waals surface area contributed by atoms with Crippen molar-refractivity contribution in [2.24, 2.45) is 0 Å². The molecule has 2 aromatic rings. The number of methoxy groups -OCH3 is 1. The largest absolute Gasteiger partial charge is 0.496 e. The molecule has 0 atom stereocenters. The molecule has 106 valence electrons. The molecule has 0 bridgehead atoms. The average Bonchev–Trinajstić information content (AvgIpc) is 2.41. The van der Waals surface area contributed by atoms with Crippen molar-refractivity contribution in [3.63, 3.8) is 0 Å². The third kappa shape index (κ3) is 4.08. The molecule has 0 N–H and O–H groups in total. The quantitative estimate of drug-likeness (QED) is 0.713. The Labute approximate surface area is 137 Å². The molecule has 0 aliphatic rings. The predicted octanol–water partition coefficient (Wildman–Crippen LogP) is 4.85. The monoisotopic (exact) mass is 397 g/mol. The minimum absolute atomic E-state index is 0.863. The van der Waals surface area contributed by atoms with Crippen LogP contribution in [0.15, 0.2) is 51.4 Å². The van der Waals surface area contributed by atoms with Gasteiger partial charge in [-0.2, -0.15) is 0 Å². The molecule has 0 heterocycles. The zero-order valence-electron chi connectivity index (χ0n) is 11.6. The molecule has 0 radical (unpaired) electrons. The summed E-state index contributed by atoms with van der Waals surface area (Å²) in [4.78, 5) is 2.29. The lowest BCUT2D eigenvalue weighted by molar-refractivity contribution is 0.318. The first-order valence-electron chi connectivity index (χ1n) is 6.34. The zero-order chi connectivity index (χ0) is 14.5. The Balaban J connectivity index is 2.03. The maximum absolute atomic E-state index is 5.25. The van der Waals surface area contributed by atoms with Crippen LogP contribution in [-0.4, -0.2) is 19.1 Å². The summed E-state index contributed by atoms with van der Waals surface area (Å²) in [7, 11) is 3.80. The highest BCUT2D eigenvalue weighted by Gasteiger charge is 2.06. The van der Waals surface area contributed by atoms with E-state index in [0.717, 1.165) is 27.8 Å². The van der Waals surface area contributed by atoms with Crippen LogP contribution in [0.5, 0.6) is 5.75 Å². The minimum atomic E-state index is 0.863. The van der Waals surface area contributed by atoms with Crippen molar-refractivity contribution in [1.82, 2.24) is 4.90 Å². The number of hydrogen-bond donors (Lipinski definition) is 0. The van der Waals surface area contributed by atoms with Crippen molar-refractivity contribution in [2.75, 3.05) is 14.2 Å². The van der Waals surface area contributed by atoms with Crippen molar-refractivity contribution in [3.8, 4) is 5.75 Å². The zero-order valence-corrected chi connectivity index (χ0v) is 14.7. The smallest absolute Gasteiger partial charge is 0.133 e. The van der Waals surface area contributed by atoms with Gasteiger partial charge in [-0.05, 0) is 52.3 Å². The van der Waals surface area contributed by atoms with Crippen molar-refractivity contribution in [2.45, 2.75) is 13.1 Å². The molecule has 0 amide bonds. The second-order valence-corrected chi connectivity index (χ2v) is 6.44. The van der Waals surface area contributed by atoms with Crippen LogP contribution < -0.4 is 4.74 Å². The number of nitrogens with zero attached hydrogens (tertiary/aromatic N) is 1. The summed E-state index contributed by atoms with van der Waals surface area (Å²) >= 11 is 7.11. The van der Waals surface area contributed by atoms with Crippen molar-refractivity contribution in [1.29, 1.82) is 0 Å². The molecule has 0 saturated heterocycles. The van der Waals surface area contributed by atoms with Crippen molar-refractivity contribution >= 4 is 31.9 Å². The van der Waals surface area contributed by atoms with Crippen LogP contribution in [-0.2, 0) is 13.1 Å². The highest BCUT2D eigenvalue weighted by molar-refractivity contribution is 9.10. The second-order valence-electron chi connectivity index (χ2n) is 4.73. The van der Waals surface area contributed by atoms with Gasteiger partial charge in [-0.15, -0.1) is 0 Å². The maximum Gasteiger partial charge on any atom is 0.133 e. The topological polar surface area (TPSA) is 12.5 Å². The molecule has 4 heteroatoms. The van der Waals surface area contributed by atoms with E-state index in [9.17, 15) is 0 Å². The summed E-state index contributed by atoms with van der Waals surface area (Å²) in [6.45, 7) is 1.80. The minimum Gasteiger partial charge on any atom is -0.496 e. The third-order valence-corrected chi connectivity index (χ3v) is 4.46. The first kappa shape index (κ1) is 15.5. The molecule has 0 fully saturated rings. The molecular weight excluding hydrogens is 382 g/mol. The highest BCUT2D eigenvalue weighted by Crippen LogP contribution is 2.26. The van der Waals surface area contributed by atoms with Gasteiger partial charge in [0.25, 0.3) is 0 Å². The van der Waals surface area contributed by atoms with Gasteiger partial charge in [0.2, 0.25) is 0 Å². The van der Waals surface area contributed by atoms with Crippen LogP contribution >= 0.6 is 31.9 Å². The van der Waals surface area contributed by atoms with Gasteiger partial charge < -0.3 is 4.74 Å². The molecule has 0 aliphatic carbocycles. The Hall–Kier alpha value is -0.840. The van der Waals surface area contributed by atoms with Crippen molar-refractivity contribution in [3.05, 3.63) is 62.5 Å². The van der Waals surface area contributed by atoms with Gasteiger partial charge in [0.15, 0.2) is 0 Å². The van der Waals surface area contributed by atoms with Gasteiger partial charge in [-0.25, -0.2) is 0 Å². The summed E-state index contributed by atoms with van der Waals surface area (Å²) in [6.07, 6.45) is 0. The number of hydrogen-bond acceptors (Lipinski definition) is 2. The van der Waals surface area contributed by atoms with Gasteiger partial charge in [0.1, 0.15) is 5.75 Å². The van der Waals surface area contributed by atoms with E-state index in [1.807, 2.05) is 12.1 Å². The fourth-order valence-corrected chi connectivity index (χ4v) is 3.09. The summed E-state index contributed by atoms with van der Waals surface area (Å²) < 4.78 is 7.40. The molecule has 0 aromatic heterocycles. The van der Waals surface area contributed by atoms with Gasteiger partial charge in [0.05, 0.1) is 11.6 Å². The molecular formula is C16H17Br2NO. The summed E-state index contributed by atoms with van der Waals surface area (Å²) in [5.41, 5.74) is 2.55. The predicted molar refractivity (Wildman–Crippen MR) is 90.0 cm³/mol. The molecule has 2 rings (SSSR count). The third-order valence-electron chi connectivity index (χ3n) is 3.07. The standard InChI is InChI=1S/C16H17Br2NO/c1-19(11-13-5-3-4-6-14(13)17)10-12-7-8-16(20-2)15(18)9-12/h3-9H,10-11H2,1-2H3. The molecule has 20 heavy (non-hydrogen) atoms. The van der Waals surface area contributed by atoms with Gasteiger partial charge in [-0.3, -0.25) is 4.90 Å². The number of ether oxygens (including phenoxy) is 1. The molecule has 2 nitrogen and oxygen atoms in total. The van der Waals surface area contributed by atoms with E-state index in [1.54, 1.807) is 7.11 Å². The van der Waals surface area contributed by atoms with E-state index in [4.69, 9.17) is 4.74 Å². The van der Waals surface area contributed by atoms with Gasteiger partial charge in [0, 0.05) is 17.6 Å². The first-order chi connectivity index (χ1) is 9.60. The van der Waals surface area contributed by atoms with Crippen LogP contribution in [0.1, 0.15) is 11.1 Å². The second kappa shape index (κ2) is 7.25. The van der Waals surface area contributed by atoms with Crippen LogP contribution in [0.25, 0.3) is 0 Å². The normalized spacial score (nSPS) is 10.8. The van der Waals surface area contributed by atoms with Crippen LogP contribution in [0, 0.1) is 0 Å². The fourth-order valence-electron chi connectivity index (χ4n) is 2.09. The Morgan fingerprint density at radius 2 is 1.75 bits per heavy atom. The molecule has 0 unspecified atom stereocenters. The van der Waals surface area contributed by atoms with E-state index < -0.39 is 0 Å². The van der Waals surface area contributed by atoms with Crippen molar-refractivity contribution < 1.29 is 4.74 Å². The van der Waals surface area contributed by atoms with E-state index in [1.165, 1.54) is 11.1 Å². The van der Waals surface area contributed by atoms with E-state index >= 15 is 0 Å². The Morgan fingerprint density at radius 1 is 1.00 bits per heavy atom. The van der Waals surface area contributed by atoms with Gasteiger partial charge >= 0.3 is 0 Å². The lowest BCUT2D eigenvalue weighted by Gasteiger charge is -2.18. The van der Waals surface area contributed by atoms with E-state index in [2.05, 4.69) is 74.1 Å². The van der Waals surface area contributed by atoms with Gasteiger partial charge in [-0.1, -0.05) is 40.2 Å². The Bertz CT molecular complexity index is 586. The molecule has 0 aliphatic heterocycles. The lowest BCUT2D eigenvalue weighted by atomic mass is 10.2. The summed E-state index contributed by atoms with van der Waals surface area (Å²) in [6, 6.07) is 14.5. The Kier molecular flexibility index (Phi) is 5.64. The lowest BCUT2D eigenvalue weighted by Crippen LogP contribution is -2.17. The molecule has 0 spiro atoms. The number of rotatable bonds is 5. The van der Waals surface area contributed by atoms with Crippen LogP contribution in [0.3, 0.4) is 0 Å². The number of halogens is 2. The fraction of sp³-hybridized carbons (Fsp3) is 0.250. The first-order valence-corrected chi connectivity index (χ1v) is 7.93. The molecule has 0 saturated carbocycles. The Morgan fingerprint density at radius 3 is 2.40 bits per heavy atom. The van der Waals surface area contributed by atoms with E-state index in [-0.39, 0.29) is 0 Å². The highest BCUT2D eigenvalue weighted by atomic mass is 79.9. The average molecular weight is 399 g/mol. The SMILES string of the molecule is COc1ccc(CN(C)Cc2ccccc2Br)cc1Br. The van der Waals surface area contributed by atoms with Crippen LogP contribution in [0.4, 0.5) is 0 Å². The summed E-state index contributed by atoms with van der Waals surface area (Å²) in [5, 5.41) is 0. The molecule has 2 aromatic carbocycles. The maximum atomic E-state index is 5.25. The number of benzene rings is 2.